The zero-order valence-corrected chi connectivity index (χ0v) is 13.6. The first-order valence-corrected chi connectivity index (χ1v) is 8.14. The Hall–Kier alpha value is -3.09. The molecule has 3 rings (SSSR count). The van der Waals surface area contributed by atoms with Crippen molar-refractivity contribution < 1.29 is 18.8 Å². The highest BCUT2D eigenvalue weighted by Gasteiger charge is 2.29. The van der Waals surface area contributed by atoms with E-state index in [1.54, 1.807) is 36.4 Å². The molecule has 1 saturated carbocycles. The largest absolute Gasteiger partial charge is 0.459 e. The van der Waals surface area contributed by atoms with Crippen LogP contribution >= 0.6 is 0 Å². The molecule has 2 aromatic rings. The molecule has 1 aromatic carbocycles. The van der Waals surface area contributed by atoms with Crippen molar-refractivity contribution >= 4 is 23.4 Å². The maximum atomic E-state index is 12.1. The van der Waals surface area contributed by atoms with Gasteiger partial charge >= 0.3 is 0 Å². The first kappa shape index (κ1) is 16.8. The topological polar surface area (TPSA) is 100 Å². The Kier molecular flexibility index (Phi) is 5.13. The minimum Gasteiger partial charge on any atom is -0.459 e. The monoisotopic (exact) mass is 341 g/mol. The lowest BCUT2D eigenvalue weighted by molar-refractivity contribution is -0.117. The Bertz CT molecular complexity index is 766. The number of carbonyl (C=O) groups is 3. The highest BCUT2D eigenvalue weighted by Crippen LogP contribution is 2.30. The fourth-order valence-electron chi connectivity index (χ4n) is 2.28. The Morgan fingerprint density at radius 2 is 1.76 bits per heavy atom. The number of hydrogen-bond acceptors (Lipinski definition) is 4. The molecule has 7 nitrogen and oxygen atoms in total. The maximum absolute atomic E-state index is 12.1. The summed E-state index contributed by atoms with van der Waals surface area (Å²) in [6, 6.07) is 9.97. The van der Waals surface area contributed by atoms with E-state index in [1.165, 1.54) is 6.26 Å². The molecular formula is C18H19N3O4. The van der Waals surface area contributed by atoms with Gasteiger partial charge in [-0.1, -0.05) is 6.07 Å². The van der Waals surface area contributed by atoms with E-state index >= 15 is 0 Å². The number of amides is 3. The second-order valence-electron chi connectivity index (χ2n) is 5.83. The Morgan fingerprint density at radius 3 is 2.44 bits per heavy atom. The molecule has 0 aliphatic heterocycles. The summed E-state index contributed by atoms with van der Waals surface area (Å²) in [7, 11) is 0. The van der Waals surface area contributed by atoms with Crippen LogP contribution in [0.3, 0.4) is 0 Å². The third-order valence-corrected chi connectivity index (χ3v) is 3.78. The van der Waals surface area contributed by atoms with E-state index in [-0.39, 0.29) is 42.5 Å². The van der Waals surface area contributed by atoms with Crippen LogP contribution in [-0.2, 0) is 4.79 Å². The first-order chi connectivity index (χ1) is 12.1. The van der Waals surface area contributed by atoms with Gasteiger partial charge in [0.2, 0.25) is 5.91 Å². The van der Waals surface area contributed by atoms with Crippen molar-refractivity contribution in [3.05, 3.63) is 54.0 Å². The van der Waals surface area contributed by atoms with Gasteiger partial charge in [-0.3, -0.25) is 14.4 Å². The van der Waals surface area contributed by atoms with E-state index < -0.39 is 0 Å². The first-order valence-electron chi connectivity index (χ1n) is 8.14. The molecule has 0 radical (unpaired) electrons. The molecule has 1 heterocycles. The number of benzene rings is 1. The summed E-state index contributed by atoms with van der Waals surface area (Å²) in [6.07, 6.45) is 3.27. The molecule has 0 spiro atoms. The summed E-state index contributed by atoms with van der Waals surface area (Å²) in [4.78, 5) is 35.6. The van der Waals surface area contributed by atoms with Crippen LogP contribution in [0.1, 0.15) is 33.8 Å². The average molecular weight is 341 g/mol. The smallest absolute Gasteiger partial charge is 0.287 e. The van der Waals surface area contributed by atoms with Gasteiger partial charge in [0.05, 0.1) is 6.26 Å². The van der Waals surface area contributed by atoms with E-state index in [9.17, 15) is 14.4 Å². The summed E-state index contributed by atoms with van der Waals surface area (Å²) >= 11 is 0. The molecule has 130 valence electrons. The second-order valence-corrected chi connectivity index (χ2v) is 5.83. The molecule has 0 atom stereocenters. The van der Waals surface area contributed by atoms with Crippen molar-refractivity contribution in [1.82, 2.24) is 10.6 Å². The SMILES string of the molecule is O=C(NCCNC(=O)c1ccco1)c1cccc(NC(=O)C2CC2)c1. The molecule has 0 bridgehead atoms. The quantitative estimate of drug-likeness (QED) is 0.668. The van der Waals surface area contributed by atoms with Crippen molar-refractivity contribution in [3.63, 3.8) is 0 Å². The van der Waals surface area contributed by atoms with Crippen LogP contribution in [-0.4, -0.2) is 30.8 Å². The highest BCUT2D eigenvalue weighted by molar-refractivity contribution is 5.98. The van der Waals surface area contributed by atoms with E-state index in [1.807, 2.05) is 0 Å². The molecule has 1 aliphatic rings. The van der Waals surface area contributed by atoms with Crippen LogP contribution in [0.4, 0.5) is 5.69 Å². The van der Waals surface area contributed by atoms with Gasteiger partial charge < -0.3 is 20.4 Å². The predicted molar refractivity (Wildman–Crippen MR) is 91.2 cm³/mol. The second kappa shape index (κ2) is 7.65. The third kappa shape index (κ3) is 4.69. The van der Waals surface area contributed by atoms with E-state index in [0.717, 1.165) is 12.8 Å². The Balaban J connectivity index is 1.44. The van der Waals surface area contributed by atoms with E-state index in [0.29, 0.717) is 11.3 Å². The molecule has 25 heavy (non-hydrogen) atoms. The van der Waals surface area contributed by atoms with Crippen LogP contribution in [0.25, 0.3) is 0 Å². The summed E-state index contributed by atoms with van der Waals surface area (Å²) < 4.78 is 4.97. The normalized spacial score (nSPS) is 13.1. The third-order valence-electron chi connectivity index (χ3n) is 3.78. The van der Waals surface area contributed by atoms with Crippen LogP contribution in [0.2, 0.25) is 0 Å². The Labute approximate surface area is 144 Å². The lowest BCUT2D eigenvalue weighted by Crippen LogP contribution is -2.34. The fraction of sp³-hybridized carbons (Fsp3) is 0.278. The van der Waals surface area contributed by atoms with Gasteiger partial charge in [-0.15, -0.1) is 0 Å². The minimum atomic E-state index is -0.330. The standard InChI is InChI=1S/C18H19N3O4/c22-16(19-8-9-20-18(24)15-5-2-10-25-15)13-3-1-4-14(11-13)21-17(23)12-6-7-12/h1-5,10-12H,6-9H2,(H,19,22)(H,20,24)(H,21,23). The van der Waals surface area contributed by atoms with Crippen LogP contribution in [0.15, 0.2) is 47.1 Å². The predicted octanol–water partition coefficient (Wildman–Crippen LogP) is 1.79. The van der Waals surface area contributed by atoms with Crippen molar-refractivity contribution in [2.24, 2.45) is 5.92 Å². The molecule has 0 saturated heterocycles. The lowest BCUT2D eigenvalue weighted by Gasteiger charge is -2.08. The number of nitrogens with one attached hydrogen (secondary N) is 3. The number of hydrogen-bond donors (Lipinski definition) is 3. The zero-order valence-electron chi connectivity index (χ0n) is 13.6. The summed E-state index contributed by atoms with van der Waals surface area (Å²) in [5.41, 5.74) is 1.06. The molecule has 3 amide bonds. The van der Waals surface area contributed by atoms with Gasteiger partial charge in [-0.2, -0.15) is 0 Å². The summed E-state index contributed by atoms with van der Waals surface area (Å²) in [5.74, 6) is -0.266. The van der Waals surface area contributed by atoms with Crippen molar-refractivity contribution in [2.45, 2.75) is 12.8 Å². The van der Waals surface area contributed by atoms with Crippen LogP contribution in [0, 0.1) is 5.92 Å². The van der Waals surface area contributed by atoms with Gasteiger partial charge in [0, 0.05) is 30.3 Å². The van der Waals surface area contributed by atoms with Crippen molar-refractivity contribution in [2.75, 3.05) is 18.4 Å². The molecule has 0 unspecified atom stereocenters. The van der Waals surface area contributed by atoms with E-state index in [4.69, 9.17) is 4.42 Å². The van der Waals surface area contributed by atoms with Gasteiger partial charge in [-0.05, 0) is 43.2 Å². The number of furan rings is 1. The molecular weight excluding hydrogens is 322 g/mol. The highest BCUT2D eigenvalue weighted by atomic mass is 16.3. The number of rotatable bonds is 7. The van der Waals surface area contributed by atoms with Crippen molar-refractivity contribution in [1.29, 1.82) is 0 Å². The molecule has 7 heteroatoms. The summed E-state index contributed by atoms with van der Waals surface area (Å²) in [5, 5.41) is 8.17. The lowest BCUT2D eigenvalue weighted by atomic mass is 10.2. The maximum Gasteiger partial charge on any atom is 0.287 e. The number of anilines is 1. The fourth-order valence-corrected chi connectivity index (χ4v) is 2.28. The molecule has 1 fully saturated rings. The summed E-state index contributed by atoms with van der Waals surface area (Å²) in [6.45, 7) is 0.563. The number of carbonyl (C=O) groups excluding carboxylic acids is 3. The van der Waals surface area contributed by atoms with Crippen LogP contribution < -0.4 is 16.0 Å². The minimum absolute atomic E-state index is 0.00167. The van der Waals surface area contributed by atoms with Gasteiger partial charge in [0.25, 0.3) is 11.8 Å². The van der Waals surface area contributed by atoms with Gasteiger partial charge in [-0.25, -0.2) is 0 Å². The molecule has 1 aliphatic carbocycles. The average Bonchev–Trinajstić information content (AvgIpc) is 3.33. The zero-order chi connectivity index (χ0) is 17.6. The molecule has 1 aromatic heterocycles. The van der Waals surface area contributed by atoms with Gasteiger partial charge in [0.15, 0.2) is 5.76 Å². The Morgan fingerprint density at radius 1 is 1.00 bits per heavy atom. The molecule has 3 N–H and O–H groups in total. The van der Waals surface area contributed by atoms with Crippen LogP contribution in [0.5, 0.6) is 0 Å². The van der Waals surface area contributed by atoms with Gasteiger partial charge in [0.1, 0.15) is 0 Å². The van der Waals surface area contributed by atoms with E-state index in [2.05, 4.69) is 16.0 Å². The van der Waals surface area contributed by atoms with Crippen molar-refractivity contribution in [3.8, 4) is 0 Å².